The first-order valence-corrected chi connectivity index (χ1v) is 10.1. The number of carbonyl (C=O) groups excluding carboxylic acids is 2. The number of Topliss-reactive ketones (excluding diaryl/α,β-unsaturated/α-hetero) is 1. The van der Waals surface area contributed by atoms with Crippen LogP contribution in [0.3, 0.4) is 0 Å². The van der Waals surface area contributed by atoms with E-state index >= 15 is 0 Å². The smallest absolute Gasteiger partial charge is 0.229 e. The predicted octanol–water partition coefficient (Wildman–Crippen LogP) is 0.890. The van der Waals surface area contributed by atoms with Crippen LogP contribution in [0, 0.1) is 11.3 Å². The number of imidazole rings is 1. The van der Waals surface area contributed by atoms with Gasteiger partial charge in [0.25, 0.3) is 0 Å². The molecular weight excluding hydrogens is 398 g/mol. The van der Waals surface area contributed by atoms with Gasteiger partial charge >= 0.3 is 0 Å². The molecule has 1 aliphatic heterocycles. The molecule has 154 valence electrons. The van der Waals surface area contributed by atoms with Gasteiger partial charge in [-0.15, -0.1) is 0 Å². The summed E-state index contributed by atoms with van der Waals surface area (Å²) in [6.07, 6.45) is 0.733. The van der Waals surface area contributed by atoms with Crippen molar-refractivity contribution in [3.05, 3.63) is 17.0 Å². The molecule has 3 heterocycles. The summed E-state index contributed by atoms with van der Waals surface area (Å²) in [5.74, 6) is -0.610. The summed E-state index contributed by atoms with van der Waals surface area (Å²) in [6, 6.07) is -0.632. The molecule has 6 atom stereocenters. The average Bonchev–Trinajstić information content (AvgIpc) is 3.12. The Bertz CT molecular complexity index is 1050. The highest BCUT2D eigenvalue weighted by molar-refractivity contribution is 6.34. The summed E-state index contributed by atoms with van der Waals surface area (Å²) in [7, 11) is 1.53. The van der Waals surface area contributed by atoms with Crippen molar-refractivity contribution < 1.29 is 19.8 Å². The zero-order valence-corrected chi connectivity index (χ0v) is 16.8. The van der Waals surface area contributed by atoms with Crippen molar-refractivity contribution in [3.63, 3.8) is 0 Å². The molecule has 2 saturated carbocycles. The highest BCUT2D eigenvalue weighted by atomic mass is 35.5. The maximum atomic E-state index is 12.6. The van der Waals surface area contributed by atoms with E-state index in [1.54, 1.807) is 10.9 Å². The molecule has 10 heteroatoms. The number of rotatable bonds is 2. The Labute approximate surface area is 171 Å². The van der Waals surface area contributed by atoms with E-state index in [4.69, 9.17) is 11.6 Å². The number of pyridine rings is 1. The van der Waals surface area contributed by atoms with Crippen molar-refractivity contribution in [1.82, 2.24) is 19.9 Å². The largest absolute Gasteiger partial charge is 0.389 e. The summed E-state index contributed by atoms with van der Waals surface area (Å²) in [4.78, 5) is 33.9. The molecule has 0 spiro atoms. The van der Waals surface area contributed by atoms with Crippen LogP contribution in [-0.2, 0) is 4.79 Å². The SMILES string of the molecule is CNC(=O)[C@@]12CC[C@@H]1[C@@H](n1cnc3c4c(c(Cl)nc31)C(=O)CC(C)N4)[C@H](O)[C@@H]2O. The fourth-order valence-corrected chi connectivity index (χ4v) is 5.78. The lowest BCUT2D eigenvalue weighted by Gasteiger charge is -2.46. The summed E-state index contributed by atoms with van der Waals surface area (Å²) in [5.41, 5.74) is 0.761. The molecular formula is C19H22ClN5O4. The van der Waals surface area contributed by atoms with E-state index in [1.807, 2.05) is 6.92 Å². The predicted molar refractivity (Wildman–Crippen MR) is 105 cm³/mol. The third kappa shape index (κ3) is 2.23. The number of halogens is 1. The molecule has 0 bridgehead atoms. The van der Waals surface area contributed by atoms with E-state index < -0.39 is 23.7 Å². The van der Waals surface area contributed by atoms with Crippen molar-refractivity contribution >= 4 is 40.1 Å². The lowest BCUT2D eigenvalue weighted by Crippen LogP contribution is -2.55. The number of amides is 1. The molecule has 4 N–H and O–H groups in total. The molecule has 0 radical (unpaired) electrons. The summed E-state index contributed by atoms with van der Waals surface area (Å²) in [5, 5.41) is 27.6. The molecule has 5 rings (SSSR count). The summed E-state index contributed by atoms with van der Waals surface area (Å²) in [6.45, 7) is 1.90. The zero-order chi connectivity index (χ0) is 20.7. The normalized spacial score (nSPS) is 35.6. The van der Waals surface area contributed by atoms with Gasteiger partial charge in [-0.25, -0.2) is 9.97 Å². The standard InChI is InChI=1S/C19H22ClN5O4/c1-7-5-9(26)10-11(23-7)12-17(24-16(10)20)25(6-22-12)13-8-3-4-19(8,18(29)21-2)15(28)14(13)27/h6-8,13-15,23,27-28H,3-5H2,1-2H3,(H,21,29)/t7?,8-,13-,14+,15+,19+/m1/s1. The van der Waals surface area contributed by atoms with Crippen LogP contribution in [0.25, 0.3) is 11.2 Å². The van der Waals surface area contributed by atoms with Crippen molar-refractivity contribution in [2.24, 2.45) is 11.3 Å². The Morgan fingerprint density at radius 1 is 1.45 bits per heavy atom. The summed E-state index contributed by atoms with van der Waals surface area (Å²) < 4.78 is 1.69. The number of hydrogen-bond donors (Lipinski definition) is 4. The molecule has 29 heavy (non-hydrogen) atoms. The van der Waals surface area contributed by atoms with E-state index in [0.717, 1.165) is 0 Å². The fraction of sp³-hybridized carbons (Fsp3) is 0.579. The van der Waals surface area contributed by atoms with Gasteiger partial charge in [-0.05, 0) is 25.7 Å². The lowest BCUT2D eigenvalue weighted by atomic mass is 9.59. The molecule has 2 aromatic heterocycles. The van der Waals surface area contributed by atoms with Crippen LogP contribution >= 0.6 is 11.6 Å². The molecule has 9 nitrogen and oxygen atoms in total. The average molecular weight is 420 g/mol. The van der Waals surface area contributed by atoms with Gasteiger partial charge in [-0.2, -0.15) is 0 Å². The second-order valence-corrected chi connectivity index (χ2v) is 8.70. The van der Waals surface area contributed by atoms with Gasteiger partial charge in [-0.1, -0.05) is 11.6 Å². The van der Waals surface area contributed by atoms with Gasteiger partial charge in [0.2, 0.25) is 5.91 Å². The number of aliphatic hydroxyl groups excluding tert-OH is 2. The van der Waals surface area contributed by atoms with E-state index in [2.05, 4.69) is 20.6 Å². The molecule has 2 aromatic rings. The van der Waals surface area contributed by atoms with Crippen molar-refractivity contribution in [2.45, 2.75) is 50.5 Å². The number of fused-ring (bicyclic) bond motifs is 4. The number of hydrogen-bond acceptors (Lipinski definition) is 7. The Morgan fingerprint density at radius 2 is 2.21 bits per heavy atom. The quantitative estimate of drug-likeness (QED) is 0.532. The minimum Gasteiger partial charge on any atom is -0.389 e. The van der Waals surface area contributed by atoms with Crippen molar-refractivity contribution in [1.29, 1.82) is 0 Å². The Morgan fingerprint density at radius 3 is 2.86 bits per heavy atom. The molecule has 3 aliphatic rings. The zero-order valence-electron chi connectivity index (χ0n) is 16.0. The molecule has 2 fully saturated rings. The first kappa shape index (κ1) is 18.8. The van der Waals surface area contributed by atoms with E-state index in [9.17, 15) is 19.8 Å². The molecule has 1 unspecified atom stereocenters. The third-order valence-corrected chi connectivity index (χ3v) is 7.21. The van der Waals surface area contributed by atoms with Crippen LogP contribution in [0.15, 0.2) is 6.33 Å². The van der Waals surface area contributed by atoms with Crippen molar-refractivity contribution in [2.75, 3.05) is 12.4 Å². The van der Waals surface area contributed by atoms with Crippen LogP contribution < -0.4 is 10.6 Å². The number of carbonyl (C=O) groups is 2. The van der Waals surface area contributed by atoms with Gasteiger partial charge in [0, 0.05) is 19.5 Å². The van der Waals surface area contributed by atoms with Gasteiger partial charge in [0.05, 0.1) is 35.1 Å². The minimum absolute atomic E-state index is 0.0618. The van der Waals surface area contributed by atoms with Crippen molar-refractivity contribution in [3.8, 4) is 0 Å². The number of nitrogens with zero attached hydrogens (tertiary/aromatic N) is 3. The fourth-order valence-electron chi connectivity index (χ4n) is 5.50. The second kappa shape index (κ2) is 6.13. The van der Waals surface area contributed by atoms with Crippen LogP contribution in [0.4, 0.5) is 5.69 Å². The van der Waals surface area contributed by atoms with E-state index in [-0.39, 0.29) is 28.8 Å². The molecule has 0 saturated heterocycles. The number of aliphatic hydroxyl groups is 2. The van der Waals surface area contributed by atoms with Gasteiger partial charge in [0.1, 0.15) is 16.8 Å². The first-order chi connectivity index (χ1) is 13.8. The Kier molecular flexibility index (Phi) is 3.97. The Balaban J connectivity index is 1.66. The number of aromatic nitrogens is 3. The van der Waals surface area contributed by atoms with E-state index in [0.29, 0.717) is 41.7 Å². The first-order valence-electron chi connectivity index (χ1n) is 9.75. The summed E-state index contributed by atoms with van der Waals surface area (Å²) >= 11 is 6.35. The lowest BCUT2D eigenvalue weighted by molar-refractivity contribution is -0.151. The van der Waals surface area contributed by atoms with Crippen LogP contribution in [0.5, 0.6) is 0 Å². The number of nitrogens with one attached hydrogen (secondary N) is 2. The third-order valence-electron chi connectivity index (χ3n) is 6.94. The molecule has 0 aromatic carbocycles. The number of ketones is 1. The minimum atomic E-state index is -1.18. The Hall–Kier alpha value is -2.23. The number of anilines is 1. The van der Waals surface area contributed by atoms with Gasteiger partial charge in [-0.3, -0.25) is 9.59 Å². The van der Waals surface area contributed by atoms with E-state index in [1.165, 1.54) is 7.05 Å². The molecule has 2 aliphatic carbocycles. The van der Waals surface area contributed by atoms with Crippen LogP contribution in [0.1, 0.15) is 42.6 Å². The second-order valence-electron chi connectivity index (χ2n) is 8.34. The molecule has 1 amide bonds. The van der Waals surface area contributed by atoms with Gasteiger partial charge < -0.3 is 25.4 Å². The maximum Gasteiger partial charge on any atom is 0.229 e. The van der Waals surface area contributed by atoms with Gasteiger partial charge in [0.15, 0.2) is 11.4 Å². The monoisotopic (exact) mass is 419 g/mol. The highest BCUT2D eigenvalue weighted by Crippen LogP contribution is 2.62. The van der Waals surface area contributed by atoms with Crippen LogP contribution in [-0.4, -0.2) is 61.7 Å². The topological polar surface area (TPSA) is 129 Å². The maximum absolute atomic E-state index is 12.6. The van der Waals surface area contributed by atoms with Crippen LogP contribution in [0.2, 0.25) is 5.15 Å². The highest BCUT2D eigenvalue weighted by Gasteiger charge is 2.68.